The first-order valence-corrected chi connectivity index (χ1v) is 8.09. The van der Waals surface area contributed by atoms with E-state index in [0.29, 0.717) is 23.7 Å². The van der Waals surface area contributed by atoms with E-state index in [-0.39, 0.29) is 5.82 Å². The van der Waals surface area contributed by atoms with Crippen molar-refractivity contribution >= 4 is 5.69 Å². The zero-order chi connectivity index (χ0) is 13.8. The second kappa shape index (κ2) is 6.57. The van der Waals surface area contributed by atoms with E-state index >= 15 is 0 Å². The molecule has 1 aliphatic heterocycles. The second-order valence-corrected chi connectivity index (χ2v) is 6.24. The van der Waals surface area contributed by atoms with Crippen LogP contribution in [0.1, 0.15) is 44.9 Å². The van der Waals surface area contributed by atoms with Crippen molar-refractivity contribution in [1.29, 1.82) is 0 Å². The number of piperidine rings is 1. The third-order valence-electron chi connectivity index (χ3n) is 4.90. The van der Waals surface area contributed by atoms with Gasteiger partial charge in [0.15, 0.2) is 0 Å². The molecule has 0 amide bonds. The van der Waals surface area contributed by atoms with Gasteiger partial charge in [0.2, 0.25) is 0 Å². The highest BCUT2D eigenvalue weighted by Crippen LogP contribution is 2.32. The first-order valence-electron chi connectivity index (χ1n) is 8.09. The summed E-state index contributed by atoms with van der Waals surface area (Å²) in [7, 11) is 0. The minimum atomic E-state index is -0.131. The SMILES string of the molecule is Fc1ccccc1NC1CCCCC1C1CCCCN1. The van der Waals surface area contributed by atoms with Gasteiger partial charge in [0.25, 0.3) is 0 Å². The van der Waals surface area contributed by atoms with E-state index in [0.717, 1.165) is 13.0 Å². The summed E-state index contributed by atoms with van der Waals surface area (Å²) in [5.74, 6) is 0.511. The van der Waals surface area contributed by atoms with E-state index in [1.807, 2.05) is 12.1 Å². The third-order valence-corrected chi connectivity index (χ3v) is 4.90. The van der Waals surface area contributed by atoms with Gasteiger partial charge >= 0.3 is 0 Å². The average molecular weight is 276 g/mol. The van der Waals surface area contributed by atoms with E-state index in [1.165, 1.54) is 38.5 Å². The van der Waals surface area contributed by atoms with Crippen molar-refractivity contribution in [1.82, 2.24) is 5.32 Å². The number of anilines is 1. The Morgan fingerprint density at radius 1 is 1.00 bits per heavy atom. The number of hydrogen-bond donors (Lipinski definition) is 2. The average Bonchev–Trinajstić information content (AvgIpc) is 2.51. The van der Waals surface area contributed by atoms with E-state index in [4.69, 9.17) is 0 Å². The first kappa shape index (κ1) is 13.9. The summed E-state index contributed by atoms with van der Waals surface area (Å²) < 4.78 is 13.8. The van der Waals surface area contributed by atoms with Crippen molar-refractivity contribution in [2.24, 2.45) is 5.92 Å². The van der Waals surface area contributed by atoms with Crippen LogP contribution in [0.3, 0.4) is 0 Å². The van der Waals surface area contributed by atoms with Crippen LogP contribution < -0.4 is 10.6 Å². The van der Waals surface area contributed by atoms with Crippen LogP contribution in [0.5, 0.6) is 0 Å². The van der Waals surface area contributed by atoms with Crippen LogP contribution in [-0.4, -0.2) is 18.6 Å². The Morgan fingerprint density at radius 2 is 1.80 bits per heavy atom. The number of hydrogen-bond acceptors (Lipinski definition) is 2. The fourth-order valence-electron chi connectivity index (χ4n) is 3.84. The number of rotatable bonds is 3. The molecule has 1 saturated carbocycles. The maximum Gasteiger partial charge on any atom is 0.146 e. The molecule has 2 N–H and O–H groups in total. The minimum Gasteiger partial charge on any atom is -0.380 e. The molecule has 1 aliphatic carbocycles. The van der Waals surface area contributed by atoms with Gasteiger partial charge in [-0.25, -0.2) is 4.39 Å². The molecule has 3 heteroatoms. The van der Waals surface area contributed by atoms with E-state index in [9.17, 15) is 4.39 Å². The topological polar surface area (TPSA) is 24.1 Å². The molecular weight excluding hydrogens is 251 g/mol. The highest BCUT2D eigenvalue weighted by molar-refractivity contribution is 5.45. The Labute approximate surface area is 121 Å². The van der Waals surface area contributed by atoms with E-state index < -0.39 is 0 Å². The van der Waals surface area contributed by atoms with E-state index in [2.05, 4.69) is 10.6 Å². The molecule has 0 radical (unpaired) electrons. The molecule has 3 rings (SSSR count). The lowest BCUT2D eigenvalue weighted by Gasteiger charge is -2.40. The summed E-state index contributed by atoms with van der Waals surface area (Å²) in [5.41, 5.74) is 0.667. The largest absolute Gasteiger partial charge is 0.380 e. The zero-order valence-corrected chi connectivity index (χ0v) is 12.1. The van der Waals surface area contributed by atoms with Crippen molar-refractivity contribution in [3.05, 3.63) is 30.1 Å². The van der Waals surface area contributed by atoms with Crippen LogP contribution in [0.2, 0.25) is 0 Å². The number of benzene rings is 1. The minimum absolute atomic E-state index is 0.131. The van der Waals surface area contributed by atoms with Crippen molar-refractivity contribution < 1.29 is 4.39 Å². The fraction of sp³-hybridized carbons (Fsp3) is 0.647. The molecule has 1 aromatic rings. The zero-order valence-electron chi connectivity index (χ0n) is 12.1. The quantitative estimate of drug-likeness (QED) is 0.874. The molecular formula is C17H25FN2. The summed E-state index contributed by atoms with van der Waals surface area (Å²) in [6.45, 7) is 1.15. The summed E-state index contributed by atoms with van der Waals surface area (Å²) in [5, 5.41) is 7.17. The van der Waals surface area contributed by atoms with Crippen LogP contribution in [0.25, 0.3) is 0 Å². The van der Waals surface area contributed by atoms with Gasteiger partial charge in [-0.1, -0.05) is 31.4 Å². The van der Waals surface area contributed by atoms with Crippen LogP contribution in [-0.2, 0) is 0 Å². The van der Waals surface area contributed by atoms with Crippen LogP contribution in [0, 0.1) is 11.7 Å². The molecule has 2 aliphatic rings. The normalized spacial score (nSPS) is 30.9. The molecule has 1 aromatic carbocycles. The number of para-hydroxylation sites is 1. The molecule has 20 heavy (non-hydrogen) atoms. The Balaban J connectivity index is 1.70. The molecule has 110 valence electrons. The second-order valence-electron chi connectivity index (χ2n) is 6.24. The summed E-state index contributed by atoms with van der Waals surface area (Å²) in [4.78, 5) is 0. The van der Waals surface area contributed by atoms with Gasteiger partial charge in [-0.15, -0.1) is 0 Å². The van der Waals surface area contributed by atoms with Crippen molar-refractivity contribution in [2.75, 3.05) is 11.9 Å². The Bertz CT molecular complexity index is 429. The van der Waals surface area contributed by atoms with Crippen LogP contribution >= 0.6 is 0 Å². The van der Waals surface area contributed by atoms with Crippen molar-refractivity contribution in [3.8, 4) is 0 Å². The summed E-state index contributed by atoms with van der Waals surface area (Å²) in [6, 6.07) is 8.09. The monoisotopic (exact) mass is 276 g/mol. The molecule has 0 aromatic heterocycles. The van der Waals surface area contributed by atoms with Crippen LogP contribution in [0.15, 0.2) is 24.3 Å². The van der Waals surface area contributed by atoms with E-state index in [1.54, 1.807) is 12.1 Å². The molecule has 2 nitrogen and oxygen atoms in total. The van der Waals surface area contributed by atoms with Gasteiger partial charge in [0.05, 0.1) is 5.69 Å². The lowest BCUT2D eigenvalue weighted by Crippen LogP contribution is -2.48. The van der Waals surface area contributed by atoms with Gasteiger partial charge in [0, 0.05) is 12.1 Å². The maximum atomic E-state index is 13.8. The van der Waals surface area contributed by atoms with Gasteiger partial charge < -0.3 is 10.6 Å². The molecule has 1 saturated heterocycles. The molecule has 2 fully saturated rings. The van der Waals surface area contributed by atoms with Gasteiger partial charge in [-0.05, 0) is 50.3 Å². The van der Waals surface area contributed by atoms with Crippen molar-refractivity contribution in [3.63, 3.8) is 0 Å². The Morgan fingerprint density at radius 3 is 2.60 bits per heavy atom. The molecule has 0 spiro atoms. The molecule has 3 atom stereocenters. The Hall–Kier alpha value is -1.09. The van der Waals surface area contributed by atoms with Crippen LogP contribution in [0.4, 0.5) is 10.1 Å². The highest BCUT2D eigenvalue weighted by atomic mass is 19.1. The fourth-order valence-corrected chi connectivity index (χ4v) is 3.84. The highest BCUT2D eigenvalue weighted by Gasteiger charge is 2.32. The van der Waals surface area contributed by atoms with Gasteiger partial charge in [0.1, 0.15) is 5.82 Å². The standard InChI is InChI=1S/C17H25FN2/c18-14-8-2-4-11-17(14)20-16-10-3-1-7-13(16)15-9-5-6-12-19-15/h2,4,8,11,13,15-16,19-20H,1,3,5-7,9-10,12H2. The molecule has 1 heterocycles. The Kier molecular flexibility index (Phi) is 4.56. The predicted molar refractivity (Wildman–Crippen MR) is 81.4 cm³/mol. The predicted octanol–water partition coefficient (Wildman–Crippen LogP) is 3.94. The summed E-state index contributed by atoms with van der Waals surface area (Å²) >= 11 is 0. The van der Waals surface area contributed by atoms with Crippen molar-refractivity contribution in [2.45, 2.75) is 57.0 Å². The summed E-state index contributed by atoms with van der Waals surface area (Å²) in [6.07, 6.45) is 8.92. The first-order chi connectivity index (χ1) is 9.84. The molecule has 0 bridgehead atoms. The van der Waals surface area contributed by atoms with Gasteiger partial charge in [-0.2, -0.15) is 0 Å². The lowest BCUT2D eigenvalue weighted by molar-refractivity contribution is 0.217. The molecule has 3 unspecified atom stereocenters. The smallest absolute Gasteiger partial charge is 0.146 e. The third kappa shape index (κ3) is 3.14. The lowest BCUT2D eigenvalue weighted by atomic mass is 9.77. The maximum absolute atomic E-state index is 13.8. The number of nitrogens with one attached hydrogen (secondary N) is 2. The number of halogens is 1. The van der Waals surface area contributed by atoms with Gasteiger partial charge in [-0.3, -0.25) is 0 Å².